The molecule has 3 aromatic rings. The molecule has 1 aromatic carbocycles. The normalized spacial score (nSPS) is 12.3. The zero-order chi connectivity index (χ0) is 23.0. The summed E-state index contributed by atoms with van der Waals surface area (Å²) < 4.78 is 32.6. The highest BCUT2D eigenvalue weighted by molar-refractivity contribution is 7.89. The van der Waals surface area contributed by atoms with Crippen molar-refractivity contribution in [3.8, 4) is 0 Å². The van der Waals surface area contributed by atoms with Crippen molar-refractivity contribution in [1.82, 2.24) is 14.9 Å². The van der Waals surface area contributed by atoms with Crippen LogP contribution < -0.4 is 10.0 Å². The molecule has 0 saturated carbocycles. The minimum absolute atomic E-state index is 0.0702. The van der Waals surface area contributed by atoms with Crippen LogP contribution in [0.15, 0.2) is 75.6 Å². The molecule has 0 saturated heterocycles. The minimum atomic E-state index is -3.85. The maximum absolute atomic E-state index is 13.1. The van der Waals surface area contributed by atoms with Gasteiger partial charge in [0, 0.05) is 4.88 Å². The van der Waals surface area contributed by atoms with Crippen LogP contribution in [0.5, 0.6) is 0 Å². The van der Waals surface area contributed by atoms with Crippen molar-refractivity contribution in [2.24, 2.45) is 0 Å². The summed E-state index contributed by atoms with van der Waals surface area (Å²) >= 11 is 1.46. The first-order chi connectivity index (χ1) is 15.4. The van der Waals surface area contributed by atoms with Gasteiger partial charge in [-0.1, -0.05) is 31.2 Å². The van der Waals surface area contributed by atoms with E-state index >= 15 is 0 Å². The predicted octanol–water partition coefficient (Wildman–Crippen LogP) is 2.74. The Kier molecular flexibility index (Phi) is 8.20. The van der Waals surface area contributed by atoms with Crippen LogP contribution in [0.2, 0.25) is 0 Å². The van der Waals surface area contributed by atoms with E-state index in [0.717, 1.165) is 4.88 Å². The van der Waals surface area contributed by atoms with Gasteiger partial charge in [0.25, 0.3) is 0 Å². The summed E-state index contributed by atoms with van der Waals surface area (Å²) in [6.45, 7) is 1.75. The molecule has 0 bridgehead atoms. The second-order valence-electron chi connectivity index (χ2n) is 6.96. The van der Waals surface area contributed by atoms with E-state index in [1.807, 2.05) is 17.5 Å². The molecule has 1 atom stereocenters. The van der Waals surface area contributed by atoms with Gasteiger partial charge >= 0.3 is 0 Å². The topological polar surface area (TPSA) is 109 Å². The first-order valence-electron chi connectivity index (χ1n) is 10.1. The lowest BCUT2D eigenvalue weighted by Gasteiger charge is -2.30. The van der Waals surface area contributed by atoms with Crippen molar-refractivity contribution in [2.75, 3.05) is 6.54 Å². The average Bonchev–Trinajstić information content (AvgIpc) is 3.51. The van der Waals surface area contributed by atoms with Crippen molar-refractivity contribution < 1.29 is 22.4 Å². The predicted molar refractivity (Wildman–Crippen MR) is 121 cm³/mol. The number of nitrogens with zero attached hydrogens (tertiary/aromatic N) is 1. The van der Waals surface area contributed by atoms with Crippen molar-refractivity contribution in [2.45, 2.75) is 37.4 Å². The van der Waals surface area contributed by atoms with E-state index in [0.29, 0.717) is 12.2 Å². The fourth-order valence-electron chi connectivity index (χ4n) is 3.14. The summed E-state index contributed by atoms with van der Waals surface area (Å²) in [6, 6.07) is 14.3. The maximum atomic E-state index is 13.1. The lowest BCUT2D eigenvalue weighted by molar-refractivity contribution is -0.140. The molecule has 8 nitrogen and oxygen atoms in total. The van der Waals surface area contributed by atoms with Crippen LogP contribution in [0.1, 0.15) is 24.0 Å². The van der Waals surface area contributed by atoms with Gasteiger partial charge in [-0.15, -0.1) is 11.3 Å². The van der Waals surface area contributed by atoms with Gasteiger partial charge in [-0.25, -0.2) is 13.1 Å². The number of furan rings is 1. The number of thiophene rings is 1. The number of carbonyl (C=O) groups is 2. The van der Waals surface area contributed by atoms with E-state index in [-0.39, 0.29) is 23.9 Å². The zero-order valence-electron chi connectivity index (χ0n) is 17.6. The molecule has 0 radical (unpaired) electrons. The molecule has 170 valence electrons. The highest BCUT2D eigenvalue weighted by Crippen LogP contribution is 2.17. The van der Waals surface area contributed by atoms with Crippen LogP contribution in [0.3, 0.4) is 0 Å². The smallest absolute Gasteiger partial charge is 0.243 e. The monoisotopic (exact) mass is 475 g/mol. The molecule has 10 heteroatoms. The summed E-state index contributed by atoms with van der Waals surface area (Å²) in [6.07, 6.45) is 1.89. The minimum Gasteiger partial charge on any atom is -0.467 e. The Balaban J connectivity index is 1.73. The molecule has 0 aliphatic rings. The molecule has 0 aliphatic heterocycles. The highest BCUT2D eigenvalue weighted by Gasteiger charge is 2.29. The fourth-order valence-corrected chi connectivity index (χ4v) is 4.83. The lowest BCUT2D eigenvalue weighted by atomic mass is 10.1. The van der Waals surface area contributed by atoms with Gasteiger partial charge in [0.05, 0.1) is 30.8 Å². The summed E-state index contributed by atoms with van der Waals surface area (Å²) in [7, 11) is -3.85. The number of rotatable bonds is 11. The molecule has 0 fully saturated rings. The van der Waals surface area contributed by atoms with E-state index in [1.165, 1.54) is 34.6 Å². The molecule has 0 aliphatic carbocycles. The third-order valence-corrected chi connectivity index (χ3v) is 7.05. The molecule has 3 rings (SSSR count). The Hall–Kier alpha value is -2.95. The standard InChI is InChI=1S/C22H25N3O5S2/c1-2-20(22(27)23-14-17-8-6-12-30-17)25(16-18-9-7-13-31-18)21(26)15-24-32(28,29)19-10-4-3-5-11-19/h3-13,20,24H,2,14-16H2,1H3,(H,23,27)/t20-/m0/s1. The van der Waals surface area contributed by atoms with Crippen molar-refractivity contribution in [3.05, 3.63) is 76.9 Å². The maximum Gasteiger partial charge on any atom is 0.243 e. The lowest BCUT2D eigenvalue weighted by Crippen LogP contribution is -2.51. The highest BCUT2D eigenvalue weighted by atomic mass is 32.2. The average molecular weight is 476 g/mol. The quantitative estimate of drug-likeness (QED) is 0.443. The van der Waals surface area contributed by atoms with Crippen molar-refractivity contribution in [1.29, 1.82) is 0 Å². The first kappa shape index (κ1) is 23.7. The van der Waals surface area contributed by atoms with E-state index in [2.05, 4.69) is 10.0 Å². The molecule has 2 aromatic heterocycles. The van der Waals surface area contributed by atoms with Crippen LogP contribution >= 0.6 is 11.3 Å². The molecule has 0 unspecified atom stereocenters. The molecule has 32 heavy (non-hydrogen) atoms. The van der Waals surface area contributed by atoms with Crippen molar-refractivity contribution in [3.63, 3.8) is 0 Å². The Morgan fingerprint density at radius 3 is 2.50 bits per heavy atom. The largest absolute Gasteiger partial charge is 0.467 e. The van der Waals surface area contributed by atoms with Crippen LogP contribution in [0.25, 0.3) is 0 Å². The van der Waals surface area contributed by atoms with Crippen molar-refractivity contribution >= 4 is 33.2 Å². The van der Waals surface area contributed by atoms with Gasteiger partial charge in [0.1, 0.15) is 11.8 Å². The molecule has 2 N–H and O–H groups in total. The number of hydrogen-bond donors (Lipinski definition) is 2. The summed E-state index contributed by atoms with van der Waals surface area (Å²) in [5.74, 6) is -0.224. The molecule has 2 amide bonds. The third-order valence-electron chi connectivity index (χ3n) is 4.78. The second-order valence-corrected chi connectivity index (χ2v) is 9.76. The number of hydrogen-bond acceptors (Lipinski definition) is 6. The molecule has 2 heterocycles. The molecular weight excluding hydrogens is 450 g/mol. The number of carbonyl (C=O) groups excluding carboxylic acids is 2. The van der Waals surface area contributed by atoms with Gasteiger partial charge in [-0.05, 0) is 42.1 Å². The van der Waals surface area contributed by atoms with E-state index < -0.39 is 28.5 Å². The van der Waals surface area contributed by atoms with Crippen LogP contribution in [0, 0.1) is 0 Å². The Morgan fingerprint density at radius 1 is 1.09 bits per heavy atom. The summed E-state index contributed by atoms with van der Waals surface area (Å²) in [4.78, 5) is 28.3. The van der Waals surface area contributed by atoms with Crippen LogP contribution in [0.4, 0.5) is 0 Å². The first-order valence-corrected chi connectivity index (χ1v) is 12.4. The SMILES string of the molecule is CC[C@@H](C(=O)NCc1ccco1)N(Cc1cccs1)C(=O)CNS(=O)(=O)c1ccccc1. The fraction of sp³-hybridized carbons (Fsp3) is 0.273. The second kappa shape index (κ2) is 11.1. The number of nitrogens with one attached hydrogen (secondary N) is 2. The van der Waals surface area contributed by atoms with Gasteiger partial charge in [0.2, 0.25) is 21.8 Å². The third kappa shape index (κ3) is 6.28. The Labute approximate surface area is 191 Å². The Bertz CT molecular complexity index is 1100. The summed E-state index contributed by atoms with van der Waals surface area (Å²) in [5, 5.41) is 4.67. The number of sulfonamides is 1. The van der Waals surface area contributed by atoms with Crippen LogP contribution in [-0.4, -0.2) is 37.7 Å². The van der Waals surface area contributed by atoms with E-state index in [1.54, 1.807) is 37.3 Å². The Morgan fingerprint density at radius 2 is 1.88 bits per heavy atom. The molecular formula is C22H25N3O5S2. The van der Waals surface area contributed by atoms with Gasteiger partial charge in [0.15, 0.2) is 0 Å². The summed E-state index contributed by atoms with van der Waals surface area (Å²) in [5.41, 5.74) is 0. The van der Waals surface area contributed by atoms with E-state index in [9.17, 15) is 18.0 Å². The van der Waals surface area contributed by atoms with E-state index in [4.69, 9.17) is 4.42 Å². The number of benzene rings is 1. The van der Waals surface area contributed by atoms with Crippen LogP contribution in [-0.2, 0) is 32.7 Å². The molecule has 0 spiro atoms. The zero-order valence-corrected chi connectivity index (χ0v) is 19.2. The van der Waals surface area contributed by atoms with Gasteiger partial charge in [-0.3, -0.25) is 9.59 Å². The number of amides is 2. The van der Waals surface area contributed by atoms with Gasteiger partial charge < -0.3 is 14.6 Å². The van der Waals surface area contributed by atoms with Gasteiger partial charge in [-0.2, -0.15) is 0 Å².